The maximum atomic E-state index is 13.7. The van der Waals surface area contributed by atoms with Gasteiger partial charge in [-0.3, -0.25) is 9.78 Å². The molecule has 0 fully saturated rings. The second kappa shape index (κ2) is 8.36. The van der Waals surface area contributed by atoms with Crippen LogP contribution in [0.5, 0.6) is 11.5 Å². The molecule has 7 heteroatoms. The van der Waals surface area contributed by atoms with E-state index in [0.717, 1.165) is 5.69 Å². The number of benzene rings is 1. The Morgan fingerprint density at radius 1 is 1.26 bits per heavy atom. The molecule has 3 heterocycles. The number of nitrogens with two attached hydrogens (primary N) is 1. The Kier molecular flexibility index (Phi) is 5.46. The molecule has 0 radical (unpaired) electrons. The van der Waals surface area contributed by atoms with Gasteiger partial charge >= 0.3 is 0 Å². The predicted octanol–water partition coefficient (Wildman–Crippen LogP) is 3.22. The number of aromatic nitrogens is 2. The number of para-hydroxylation sites is 1. The standard InChI is InChI=1S/C24H22N4O3/c1-3-30-19-10-5-4-9-17(19)21-18(13-25)23(26)31-20-12-15(2)28(24(29)22(20)21)14-16-8-6-7-11-27-16/h4-12,21H,3,14,26H2,1-2H3/t21-/m0/s1. The molecule has 0 amide bonds. The number of nitrogens with zero attached hydrogens (tertiary/aromatic N) is 3. The van der Waals surface area contributed by atoms with Crippen LogP contribution in [-0.2, 0) is 6.54 Å². The van der Waals surface area contributed by atoms with Crippen molar-refractivity contribution in [1.29, 1.82) is 5.26 Å². The summed E-state index contributed by atoms with van der Waals surface area (Å²) in [5, 5.41) is 9.86. The van der Waals surface area contributed by atoms with Gasteiger partial charge in [0.2, 0.25) is 5.88 Å². The molecule has 1 atom stereocenters. The van der Waals surface area contributed by atoms with Crippen molar-refractivity contribution in [3.8, 4) is 17.6 Å². The van der Waals surface area contributed by atoms with E-state index in [4.69, 9.17) is 15.2 Å². The highest BCUT2D eigenvalue weighted by atomic mass is 16.5. The van der Waals surface area contributed by atoms with Crippen molar-refractivity contribution >= 4 is 0 Å². The van der Waals surface area contributed by atoms with Crippen LogP contribution in [0.15, 0.2) is 71.0 Å². The molecule has 0 saturated carbocycles. The lowest BCUT2D eigenvalue weighted by Crippen LogP contribution is -2.33. The van der Waals surface area contributed by atoms with Crippen molar-refractivity contribution < 1.29 is 9.47 Å². The molecule has 7 nitrogen and oxygen atoms in total. The van der Waals surface area contributed by atoms with Crippen molar-refractivity contribution in [3.05, 3.63) is 99.1 Å². The van der Waals surface area contributed by atoms with E-state index >= 15 is 0 Å². The summed E-state index contributed by atoms with van der Waals surface area (Å²) in [5.41, 5.74) is 8.54. The third kappa shape index (κ3) is 3.64. The number of fused-ring (bicyclic) bond motifs is 1. The number of ether oxygens (including phenoxy) is 2. The Morgan fingerprint density at radius 3 is 2.74 bits per heavy atom. The number of hydrogen-bond donors (Lipinski definition) is 1. The fraction of sp³-hybridized carbons (Fsp3) is 0.208. The SMILES string of the molecule is CCOc1ccccc1[C@H]1C(C#N)=C(N)Oc2cc(C)n(Cc3ccccn3)c(=O)c21. The Hall–Kier alpha value is -4.05. The van der Waals surface area contributed by atoms with E-state index in [9.17, 15) is 10.1 Å². The van der Waals surface area contributed by atoms with Crippen molar-refractivity contribution in [2.75, 3.05) is 6.61 Å². The zero-order chi connectivity index (χ0) is 22.0. The van der Waals surface area contributed by atoms with E-state index < -0.39 is 5.92 Å². The van der Waals surface area contributed by atoms with Gasteiger partial charge in [0.05, 0.1) is 30.3 Å². The van der Waals surface area contributed by atoms with Crippen LogP contribution in [0.4, 0.5) is 0 Å². The minimum Gasteiger partial charge on any atom is -0.494 e. The number of rotatable bonds is 5. The summed E-state index contributed by atoms with van der Waals surface area (Å²) in [6.45, 7) is 4.47. The summed E-state index contributed by atoms with van der Waals surface area (Å²) in [6, 6.07) is 16.8. The van der Waals surface area contributed by atoms with Crippen molar-refractivity contribution in [2.45, 2.75) is 26.3 Å². The summed E-state index contributed by atoms with van der Waals surface area (Å²) in [7, 11) is 0. The van der Waals surface area contributed by atoms with Gasteiger partial charge in [-0.1, -0.05) is 24.3 Å². The first-order valence-corrected chi connectivity index (χ1v) is 9.98. The van der Waals surface area contributed by atoms with Gasteiger partial charge < -0.3 is 19.8 Å². The van der Waals surface area contributed by atoms with Gasteiger partial charge in [-0.2, -0.15) is 5.26 Å². The molecule has 1 aromatic carbocycles. The van der Waals surface area contributed by atoms with Crippen LogP contribution >= 0.6 is 0 Å². The van der Waals surface area contributed by atoms with E-state index in [2.05, 4.69) is 11.1 Å². The summed E-state index contributed by atoms with van der Waals surface area (Å²) in [4.78, 5) is 18.0. The lowest BCUT2D eigenvalue weighted by Gasteiger charge is -2.28. The normalized spacial score (nSPS) is 15.1. The van der Waals surface area contributed by atoms with Gasteiger partial charge in [0.15, 0.2) is 0 Å². The molecule has 0 bridgehead atoms. The van der Waals surface area contributed by atoms with E-state index in [1.54, 1.807) is 16.8 Å². The summed E-state index contributed by atoms with van der Waals surface area (Å²) >= 11 is 0. The van der Waals surface area contributed by atoms with Gasteiger partial charge in [-0.15, -0.1) is 0 Å². The molecular weight excluding hydrogens is 392 g/mol. The Bertz CT molecular complexity index is 1260. The number of hydrogen-bond acceptors (Lipinski definition) is 6. The number of aryl methyl sites for hydroxylation is 1. The first-order chi connectivity index (χ1) is 15.0. The second-order valence-corrected chi connectivity index (χ2v) is 7.17. The first-order valence-electron chi connectivity index (χ1n) is 9.98. The van der Waals surface area contributed by atoms with Crippen molar-refractivity contribution in [3.63, 3.8) is 0 Å². The third-order valence-corrected chi connectivity index (χ3v) is 5.27. The zero-order valence-corrected chi connectivity index (χ0v) is 17.3. The maximum Gasteiger partial charge on any atom is 0.259 e. The molecule has 0 aliphatic carbocycles. The zero-order valence-electron chi connectivity index (χ0n) is 17.3. The molecule has 0 spiro atoms. The lowest BCUT2D eigenvalue weighted by atomic mass is 9.83. The lowest BCUT2D eigenvalue weighted by molar-refractivity contribution is 0.334. The van der Waals surface area contributed by atoms with Crippen LogP contribution in [0.1, 0.15) is 35.4 Å². The average Bonchev–Trinajstić information content (AvgIpc) is 2.77. The molecule has 0 unspecified atom stereocenters. The number of pyridine rings is 2. The molecular formula is C24H22N4O3. The van der Waals surface area contributed by atoms with E-state index in [1.807, 2.05) is 56.3 Å². The van der Waals surface area contributed by atoms with Gasteiger partial charge in [-0.25, -0.2) is 0 Å². The van der Waals surface area contributed by atoms with Crippen LogP contribution in [0.2, 0.25) is 0 Å². The largest absolute Gasteiger partial charge is 0.494 e. The van der Waals surface area contributed by atoms with Gasteiger partial charge in [-0.05, 0) is 32.0 Å². The molecule has 3 aromatic rings. The van der Waals surface area contributed by atoms with Crippen molar-refractivity contribution in [1.82, 2.24) is 9.55 Å². The predicted molar refractivity (Wildman–Crippen MR) is 116 cm³/mol. The fourth-order valence-electron chi connectivity index (χ4n) is 3.85. The van der Waals surface area contributed by atoms with Crippen LogP contribution in [0.3, 0.4) is 0 Å². The van der Waals surface area contributed by atoms with Crippen LogP contribution in [0.25, 0.3) is 0 Å². The molecule has 31 heavy (non-hydrogen) atoms. The molecule has 156 valence electrons. The molecule has 2 aromatic heterocycles. The third-order valence-electron chi connectivity index (χ3n) is 5.27. The first kappa shape index (κ1) is 20.2. The minimum atomic E-state index is -0.695. The van der Waals surface area contributed by atoms with Gasteiger partial charge in [0.25, 0.3) is 5.56 Å². The Morgan fingerprint density at radius 2 is 2.03 bits per heavy atom. The summed E-state index contributed by atoms with van der Waals surface area (Å²) in [5.74, 6) is 0.249. The van der Waals surface area contributed by atoms with Gasteiger partial charge in [0.1, 0.15) is 23.1 Å². The van der Waals surface area contributed by atoms with Crippen LogP contribution < -0.4 is 20.8 Å². The van der Waals surface area contributed by atoms with E-state index in [0.29, 0.717) is 41.5 Å². The fourth-order valence-corrected chi connectivity index (χ4v) is 3.85. The molecule has 0 saturated heterocycles. The highest BCUT2D eigenvalue weighted by Gasteiger charge is 2.35. The quantitative estimate of drug-likeness (QED) is 0.688. The highest BCUT2D eigenvalue weighted by Crippen LogP contribution is 2.43. The summed E-state index contributed by atoms with van der Waals surface area (Å²) < 4.78 is 13.1. The topological polar surface area (TPSA) is 103 Å². The number of allylic oxidation sites excluding steroid dienone is 1. The average molecular weight is 414 g/mol. The molecule has 1 aliphatic rings. The Labute approximate surface area is 180 Å². The molecule has 4 rings (SSSR count). The van der Waals surface area contributed by atoms with Crippen LogP contribution in [-0.4, -0.2) is 16.2 Å². The van der Waals surface area contributed by atoms with Gasteiger partial charge in [0, 0.05) is 23.5 Å². The van der Waals surface area contributed by atoms with E-state index in [1.165, 1.54) is 0 Å². The Balaban J connectivity index is 1.95. The maximum absolute atomic E-state index is 13.7. The van der Waals surface area contributed by atoms with E-state index in [-0.39, 0.29) is 17.0 Å². The molecule has 2 N–H and O–H groups in total. The number of nitriles is 1. The highest BCUT2D eigenvalue weighted by molar-refractivity contribution is 5.58. The monoisotopic (exact) mass is 414 g/mol. The minimum absolute atomic E-state index is 0.00687. The second-order valence-electron chi connectivity index (χ2n) is 7.17. The summed E-state index contributed by atoms with van der Waals surface area (Å²) in [6.07, 6.45) is 1.69. The molecule has 1 aliphatic heterocycles. The van der Waals surface area contributed by atoms with Crippen LogP contribution in [0, 0.1) is 18.3 Å². The smallest absolute Gasteiger partial charge is 0.259 e. The van der Waals surface area contributed by atoms with Crippen molar-refractivity contribution in [2.24, 2.45) is 5.73 Å².